The molecule has 0 amide bonds. The Bertz CT molecular complexity index is 1510. The molecule has 0 radical (unpaired) electrons. The fraction of sp³-hybridized carbons (Fsp3) is 0.333. The zero-order chi connectivity index (χ0) is 28.0. The maximum Gasteiger partial charge on any atom is 0.0264 e. The Morgan fingerprint density at radius 1 is 0.872 bits per heavy atom. The number of hydrogen-bond acceptors (Lipinski definition) is 0. The summed E-state index contributed by atoms with van der Waals surface area (Å²) in [6.07, 6.45) is 10.4. The normalized spacial score (nSPS) is 23.9. The second kappa shape index (κ2) is 10.6. The molecule has 0 nitrogen and oxygen atoms in total. The van der Waals surface area contributed by atoms with Crippen molar-refractivity contribution >= 4 is 0 Å². The van der Waals surface area contributed by atoms with Gasteiger partial charge >= 0.3 is 0 Å². The zero-order valence-corrected chi connectivity index (χ0v) is 25.0. The van der Waals surface area contributed by atoms with Crippen molar-refractivity contribution in [3.8, 4) is 0 Å². The summed E-state index contributed by atoms with van der Waals surface area (Å²) in [6.45, 7) is 25.0. The van der Waals surface area contributed by atoms with E-state index in [2.05, 4.69) is 116 Å². The number of allylic oxidation sites excluding steroid dienone is 12. The maximum atomic E-state index is 4.76. The lowest BCUT2D eigenvalue weighted by Gasteiger charge is -2.34. The van der Waals surface area contributed by atoms with Crippen LogP contribution >= 0.6 is 0 Å². The molecule has 5 rings (SSSR count). The summed E-state index contributed by atoms with van der Waals surface area (Å²) < 4.78 is 0. The van der Waals surface area contributed by atoms with Crippen LogP contribution in [0.25, 0.3) is 0 Å². The van der Waals surface area contributed by atoms with Crippen molar-refractivity contribution in [2.75, 3.05) is 0 Å². The SMILES string of the molecule is C=C(CCC)C1=C(C)C=C2CC(=CC3=C(C)C(c4ccc(C)c(C)c4)C(C)=C3)C(=C)C2C1c1ccc(C)cc1. The van der Waals surface area contributed by atoms with Crippen molar-refractivity contribution in [1.29, 1.82) is 0 Å². The molecule has 3 atom stereocenters. The highest BCUT2D eigenvalue weighted by Crippen LogP contribution is 2.55. The zero-order valence-electron chi connectivity index (χ0n) is 25.0. The standard InChI is InChI=1S/C39H44/c1-10-11-25(4)36-27(6)20-35-22-34(30(9)38(35)39(36)31-15-12-23(2)13-16-31)21-33-19-28(7)37(29(33)8)32-17-14-24(3)26(5)18-32/h12-21,37-39H,4,9-11,22H2,1-3,5-8H3. The molecule has 3 aliphatic carbocycles. The van der Waals surface area contributed by atoms with Crippen LogP contribution in [0.15, 0.2) is 124 Å². The largest absolute Gasteiger partial charge is 0.0955 e. The molecule has 200 valence electrons. The van der Waals surface area contributed by atoms with E-state index < -0.39 is 0 Å². The summed E-state index contributed by atoms with van der Waals surface area (Å²) in [4.78, 5) is 0. The highest BCUT2D eigenvalue weighted by Gasteiger charge is 2.41. The molecule has 39 heavy (non-hydrogen) atoms. The Morgan fingerprint density at radius 2 is 1.56 bits per heavy atom. The minimum atomic E-state index is 0.280. The van der Waals surface area contributed by atoms with E-state index in [1.54, 1.807) is 0 Å². The van der Waals surface area contributed by atoms with E-state index in [0.717, 1.165) is 19.3 Å². The van der Waals surface area contributed by atoms with E-state index in [9.17, 15) is 0 Å². The van der Waals surface area contributed by atoms with Crippen LogP contribution in [0.3, 0.4) is 0 Å². The molecule has 2 aromatic carbocycles. The van der Waals surface area contributed by atoms with Gasteiger partial charge in [-0.2, -0.15) is 0 Å². The maximum absolute atomic E-state index is 4.76. The lowest BCUT2D eigenvalue weighted by Crippen LogP contribution is -2.21. The van der Waals surface area contributed by atoms with Gasteiger partial charge in [0.05, 0.1) is 0 Å². The fourth-order valence-electron chi connectivity index (χ4n) is 7.15. The summed E-state index contributed by atoms with van der Waals surface area (Å²) in [5.41, 5.74) is 19.3. The van der Waals surface area contributed by atoms with Gasteiger partial charge < -0.3 is 0 Å². The molecule has 0 bridgehead atoms. The molecule has 1 fully saturated rings. The first-order valence-corrected chi connectivity index (χ1v) is 14.6. The molecule has 0 heterocycles. The van der Waals surface area contributed by atoms with Gasteiger partial charge in [0.1, 0.15) is 0 Å². The summed E-state index contributed by atoms with van der Waals surface area (Å²) in [5, 5.41) is 0. The smallest absolute Gasteiger partial charge is 0.0264 e. The van der Waals surface area contributed by atoms with Crippen molar-refractivity contribution in [2.24, 2.45) is 5.92 Å². The summed E-state index contributed by atoms with van der Waals surface area (Å²) >= 11 is 0. The molecule has 0 saturated heterocycles. The van der Waals surface area contributed by atoms with E-state index in [1.165, 1.54) is 78.0 Å². The number of hydrogen-bond donors (Lipinski definition) is 0. The third-order valence-corrected chi connectivity index (χ3v) is 9.34. The van der Waals surface area contributed by atoms with Crippen molar-refractivity contribution in [2.45, 2.75) is 79.6 Å². The predicted octanol–water partition coefficient (Wildman–Crippen LogP) is 10.9. The topological polar surface area (TPSA) is 0 Å². The highest BCUT2D eigenvalue weighted by molar-refractivity contribution is 5.63. The average Bonchev–Trinajstić information content (AvgIpc) is 3.35. The van der Waals surface area contributed by atoms with Crippen LogP contribution in [0.1, 0.15) is 86.6 Å². The summed E-state index contributed by atoms with van der Waals surface area (Å²) in [5.74, 6) is 0.942. The molecule has 0 N–H and O–H groups in total. The van der Waals surface area contributed by atoms with Crippen molar-refractivity contribution in [3.63, 3.8) is 0 Å². The van der Waals surface area contributed by atoms with Crippen LogP contribution in [-0.2, 0) is 0 Å². The van der Waals surface area contributed by atoms with Crippen molar-refractivity contribution in [3.05, 3.63) is 152 Å². The minimum Gasteiger partial charge on any atom is -0.0955 e. The monoisotopic (exact) mass is 512 g/mol. The molecular weight excluding hydrogens is 468 g/mol. The number of rotatable bonds is 6. The molecule has 3 aliphatic rings. The Hall–Kier alpha value is -3.38. The molecule has 2 aromatic rings. The van der Waals surface area contributed by atoms with Crippen LogP contribution in [-0.4, -0.2) is 0 Å². The Morgan fingerprint density at radius 3 is 2.23 bits per heavy atom. The van der Waals surface area contributed by atoms with Gasteiger partial charge in [0.15, 0.2) is 0 Å². The summed E-state index contributed by atoms with van der Waals surface area (Å²) in [6, 6.07) is 16.1. The lowest BCUT2D eigenvalue weighted by atomic mass is 9.69. The van der Waals surface area contributed by atoms with E-state index >= 15 is 0 Å². The van der Waals surface area contributed by atoms with Crippen LogP contribution in [0.5, 0.6) is 0 Å². The van der Waals surface area contributed by atoms with Crippen LogP contribution in [0.4, 0.5) is 0 Å². The number of fused-ring (bicyclic) bond motifs is 1. The first-order chi connectivity index (χ1) is 18.6. The number of aryl methyl sites for hydroxylation is 3. The average molecular weight is 513 g/mol. The van der Waals surface area contributed by atoms with Crippen molar-refractivity contribution < 1.29 is 0 Å². The van der Waals surface area contributed by atoms with E-state index in [0.29, 0.717) is 11.8 Å². The van der Waals surface area contributed by atoms with Crippen LogP contribution in [0, 0.1) is 26.7 Å². The van der Waals surface area contributed by atoms with Crippen LogP contribution < -0.4 is 0 Å². The Kier molecular flexibility index (Phi) is 7.43. The highest BCUT2D eigenvalue weighted by atomic mass is 14.4. The van der Waals surface area contributed by atoms with Gasteiger partial charge in [-0.1, -0.05) is 115 Å². The summed E-state index contributed by atoms with van der Waals surface area (Å²) in [7, 11) is 0. The molecule has 0 spiro atoms. The van der Waals surface area contributed by atoms with E-state index in [4.69, 9.17) is 6.58 Å². The fourth-order valence-corrected chi connectivity index (χ4v) is 7.15. The molecule has 0 aliphatic heterocycles. The third-order valence-electron chi connectivity index (χ3n) is 9.34. The van der Waals surface area contributed by atoms with Gasteiger partial charge in [-0.15, -0.1) is 0 Å². The van der Waals surface area contributed by atoms with Gasteiger partial charge in [-0.3, -0.25) is 0 Å². The Labute approximate surface area is 236 Å². The van der Waals surface area contributed by atoms with Crippen molar-refractivity contribution in [1.82, 2.24) is 0 Å². The molecule has 1 saturated carbocycles. The quantitative estimate of drug-likeness (QED) is 0.361. The number of benzene rings is 2. The second-order valence-corrected chi connectivity index (χ2v) is 12.2. The first kappa shape index (κ1) is 27.2. The first-order valence-electron chi connectivity index (χ1n) is 14.6. The third kappa shape index (κ3) is 4.91. The van der Waals surface area contributed by atoms with Gasteiger partial charge in [0, 0.05) is 17.8 Å². The second-order valence-electron chi connectivity index (χ2n) is 12.2. The molecule has 3 unspecified atom stereocenters. The Balaban J connectivity index is 1.54. The molecular formula is C39H44. The lowest BCUT2D eigenvalue weighted by molar-refractivity contribution is 0.619. The molecule has 0 heteroatoms. The van der Waals surface area contributed by atoms with E-state index in [1.807, 2.05) is 0 Å². The van der Waals surface area contributed by atoms with Crippen LogP contribution in [0.2, 0.25) is 0 Å². The minimum absolute atomic E-state index is 0.280. The van der Waals surface area contributed by atoms with Gasteiger partial charge in [-0.05, 0) is 105 Å². The van der Waals surface area contributed by atoms with Gasteiger partial charge in [0.2, 0.25) is 0 Å². The van der Waals surface area contributed by atoms with Gasteiger partial charge in [-0.25, -0.2) is 0 Å². The van der Waals surface area contributed by atoms with E-state index in [-0.39, 0.29) is 5.92 Å². The van der Waals surface area contributed by atoms with Gasteiger partial charge in [0.25, 0.3) is 0 Å². The molecule has 0 aromatic heterocycles. The predicted molar refractivity (Wildman–Crippen MR) is 169 cm³/mol.